The van der Waals surface area contributed by atoms with Gasteiger partial charge < -0.3 is 4.74 Å². The molecule has 3 nitrogen and oxygen atoms in total. The van der Waals surface area contributed by atoms with Crippen LogP contribution in [0.2, 0.25) is 0 Å². The van der Waals surface area contributed by atoms with Crippen molar-refractivity contribution in [2.75, 3.05) is 0 Å². The number of ether oxygens (including phenoxy) is 1. The van der Waals surface area contributed by atoms with E-state index in [0.717, 1.165) is 22.4 Å². The molecule has 2 aromatic rings. The molecule has 0 fully saturated rings. The molecule has 0 aliphatic carbocycles. The Bertz CT molecular complexity index is 633. The van der Waals surface area contributed by atoms with Gasteiger partial charge in [-0.1, -0.05) is 60.2 Å². The summed E-state index contributed by atoms with van der Waals surface area (Å²) >= 11 is 0. The van der Waals surface area contributed by atoms with E-state index in [1.165, 1.54) is 0 Å². The predicted molar refractivity (Wildman–Crippen MR) is 84.6 cm³/mol. The van der Waals surface area contributed by atoms with E-state index in [2.05, 4.69) is 5.32 Å². The van der Waals surface area contributed by atoms with E-state index < -0.39 is 6.09 Å². The van der Waals surface area contributed by atoms with E-state index in [-0.39, 0.29) is 6.61 Å². The summed E-state index contributed by atoms with van der Waals surface area (Å²) in [4.78, 5) is 11.9. The number of allylic oxidation sites excluding steroid dienone is 1. The van der Waals surface area contributed by atoms with Crippen LogP contribution in [0, 0.1) is 6.92 Å². The van der Waals surface area contributed by atoms with Crippen LogP contribution in [0.25, 0.3) is 5.70 Å². The summed E-state index contributed by atoms with van der Waals surface area (Å²) in [5.74, 6) is 0. The van der Waals surface area contributed by atoms with E-state index >= 15 is 0 Å². The van der Waals surface area contributed by atoms with Crippen LogP contribution in [0.4, 0.5) is 4.79 Å². The normalized spacial score (nSPS) is 11.0. The minimum Gasteiger partial charge on any atom is -0.444 e. The molecule has 0 unspecified atom stereocenters. The quantitative estimate of drug-likeness (QED) is 0.908. The van der Waals surface area contributed by atoms with Crippen molar-refractivity contribution in [1.29, 1.82) is 0 Å². The topological polar surface area (TPSA) is 38.3 Å². The summed E-state index contributed by atoms with van der Waals surface area (Å²) in [6.07, 6.45) is 1.41. The maximum Gasteiger partial charge on any atom is 0.411 e. The first-order chi connectivity index (χ1) is 10.2. The Morgan fingerprint density at radius 1 is 1.14 bits per heavy atom. The number of amides is 1. The fourth-order valence-electron chi connectivity index (χ4n) is 1.99. The molecule has 0 aliphatic heterocycles. The summed E-state index contributed by atoms with van der Waals surface area (Å²) in [5.41, 5.74) is 3.82. The highest BCUT2D eigenvalue weighted by molar-refractivity contribution is 5.81. The first-order valence-electron chi connectivity index (χ1n) is 6.90. The molecule has 0 radical (unpaired) electrons. The average Bonchev–Trinajstić information content (AvgIpc) is 2.51. The highest BCUT2D eigenvalue weighted by Crippen LogP contribution is 2.13. The van der Waals surface area contributed by atoms with Crippen LogP contribution in [0.1, 0.15) is 23.6 Å². The smallest absolute Gasteiger partial charge is 0.411 e. The molecule has 2 rings (SSSR count). The standard InChI is InChI=1S/C18H19NO2/c1-3-17(16-11-7-8-14(2)12-16)19-18(20)21-13-15-9-5-4-6-10-15/h3-12H,13H2,1-2H3,(H,19,20)/b17-3+. The Morgan fingerprint density at radius 3 is 2.57 bits per heavy atom. The van der Waals surface area contributed by atoms with Crippen molar-refractivity contribution in [2.45, 2.75) is 20.5 Å². The van der Waals surface area contributed by atoms with Gasteiger partial charge in [-0.25, -0.2) is 4.79 Å². The van der Waals surface area contributed by atoms with E-state index in [1.54, 1.807) is 0 Å². The first kappa shape index (κ1) is 14.9. The molecule has 108 valence electrons. The molecule has 21 heavy (non-hydrogen) atoms. The maximum absolute atomic E-state index is 11.9. The van der Waals surface area contributed by atoms with Crippen LogP contribution in [0.3, 0.4) is 0 Å². The lowest BCUT2D eigenvalue weighted by molar-refractivity contribution is 0.144. The maximum atomic E-state index is 11.9. The van der Waals surface area contributed by atoms with Gasteiger partial charge in [-0.15, -0.1) is 0 Å². The number of aryl methyl sites for hydroxylation is 1. The van der Waals surface area contributed by atoms with Gasteiger partial charge in [0.25, 0.3) is 0 Å². The van der Waals surface area contributed by atoms with Gasteiger partial charge in [0.15, 0.2) is 0 Å². The second kappa shape index (κ2) is 7.29. The molecule has 2 aromatic carbocycles. The van der Waals surface area contributed by atoms with Crippen molar-refractivity contribution in [1.82, 2.24) is 5.32 Å². The molecular formula is C18H19NO2. The zero-order chi connectivity index (χ0) is 15.1. The largest absolute Gasteiger partial charge is 0.444 e. The van der Waals surface area contributed by atoms with Crippen LogP contribution in [0.5, 0.6) is 0 Å². The van der Waals surface area contributed by atoms with Crippen molar-refractivity contribution in [3.05, 3.63) is 77.4 Å². The monoisotopic (exact) mass is 281 g/mol. The SMILES string of the molecule is C/C=C(/NC(=O)OCc1ccccc1)c1cccc(C)c1. The highest BCUT2D eigenvalue weighted by atomic mass is 16.5. The van der Waals surface area contributed by atoms with Gasteiger partial charge in [0.2, 0.25) is 0 Å². The second-order valence-electron chi connectivity index (χ2n) is 4.76. The lowest BCUT2D eigenvalue weighted by Crippen LogP contribution is -2.22. The number of benzene rings is 2. The molecule has 3 heteroatoms. The van der Waals surface area contributed by atoms with Gasteiger partial charge in [0.1, 0.15) is 6.61 Å². The Hall–Kier alpha value is -2.55. The van der Waals surface area contributed by atoms with E-state index in [9.17, 15) is 4.79 Å². The molecule has 0 heterocycles. The lowest BCUT2D eigenvalue weighted by Gasteiger charge is -2.11. The van der Waals surface area contributed by atoms with Crippen molar-refractivity contribution in [2.24, 2.45) is 0 Å². The summed E-state index contributed by atoms with van der Waals surface area (Å²) in [6, 6.07) is 17.6. The molecule has 1 amide bonds. The summed E-state index contributed by atoms with van der Waals surface area (Å²) in [7, 11) is 0. The van der Waals surface area contributed by atoms with Gasteiger partial charge in [-0.2, -0.15) is 0 Å². The molecule has 0 aliphatic rings. The van der Waals surface area contributed by atoms with Crippen LogP contribution < -0.4 is 5.32 Å². The lowest BCUT2D eigenvalue weighted by atomic mass is 10.1. The number of rotatable bonds is 4. The summed E-state index contributed by atoms with van der Waals surface area (Å²) < 4.78 is 5.22. The Labute approximate surface area is 125 Å². The van der Waals surface area contributed by atoms with Gasteiger partial charge >= 0.3 is 6.09 Å². The molecule has 0 atom stereocenters. The van der Waals surface area contributed by atoms with E-state index in [4.69, 9.17) is 4.74 Å². The molecule has 0 spiro atoms. The first-order valence-corrected chi connectivity index (χ1v) is 6.90. The van der Waals surface area contributed by atoms with Crippen LogP contribution in [-0.4, -0.2) is 6.09 Å². The third-order valence-corrected chi connectivity index (χ3v) is 3.07. The van der Waals surface area contributed by atoms with Gasteiger partial charge in [-0.05, 0) is 31.0 Å². The van der Waals surface area contributed by atoms with Crippen LogP contribution in [0.15, 0.2) is 60.7 Å². The van der Waals surface area contributed by atoms with Crippen LogP contribution in [-0.2, 0) is 11.3 Å². The Balaban J connectivity index is 1.95. The summed E-state index contributed by atoms with van der Waals surface area (Å²) in [5, 5.41) is 2.78. The second-order valence-corrected chi connectivity index (χ2v) is 4.76. The third-order valence-electron chi connectivity index (χ3n) is 3.07. The minimum atomic E-state index is -0.451. The fourth-order valence-corrected chi connectivity index (χ4v) is 1.99. The molecule has 0 saturated heterocycles. The van der Waals surface area contributed by atoms with Crippen molar-refractivity contribution in [3.63, 3.8) is 0 Å². The van der Waals surface area contributed by atoms with E-state index in [0.29, 0.717) is 0 Å². The minimum absolute atomic E-state index is 0.261. The number of nitrogens with one attached hydrogen (secondary N) is 1. The number of alkyl carbamates (subject to hydrolysis) is 1. The average molecular weight is 281 g/mol. The molecule has 0 saturated carbocycles. The zero-order valence-electron chi connectivity index (χ0n) is 12.3. The predicted octanol–water partition coefficient (Wildman–Crippen LogP) is 4.28. The van der Waals surface area contributed by atoms with Crippen molar-refractivity contribution in [3.8, 4) is 0 Å². The number of carbonyl (C=O) groups excluding carboxylic acids is 1. The Kier molecular flexibility index (Phi) is 5.16. The zero-order valence-corrected chi connectivity index (χ0v) is 12.3. The molecule has 1 N–H and O–H groups in total. The van der Waals surface area contributed by atoms with Gasteiger partial charge in [-0.3, -0.25) is 5.32 Å². The summed E-state index contributed by atoms with van der Waals surface area (Å²) in [6.45, 7) is 4.16. The number of carbonyl (C=O) groups is 1. The fraction of sp³-hybridized carbons (Fsp3) is 0.167. The highest BCUT2D eigenvalue weighted by Gasteiger charge is 2.07. The molecule has 0 bridgehead atoms. The van der Waals surface area contributed by atoms with Crippen molar-refractivity contribution < 1.29 is 9.53 Å². The number of hydrogen-bond donors (Lipinski definition) is 1. The van der Waals surface area contributed by atoms with Crippen LogP contribution >= 0.6 is 0 Å². The Morgan fingerprint density at radius 2 is 1.90 bits per heavy atom. The van der Waals surface area contributed by atoms with E-state index in [1.807, 2.05) is 74.5 Å². The van der Waals surface area contributed by atoms with Gasteiger partial charge in [0.05, 0.1) is 0 Å². The molecular weight excluding hydrogens is 262 g/mol. The van der Waals surface area contributed by atoms with Crippen molar-refractivity contribution >= 4 is 11.8 Å². The van der Waals surface area contributed by atoms with Gasteiger partial charge in [0, 0.05) is 5.70 Å². The number of hydrogen-bond acceptors (Lipinski definition) is 2. The third kappa shape index (κ3) is 4.49. The molecule has 0 aromatic heterocycles.